The van der Waals surface area contributed by atoms with Crippen LogP contribution in [0.4, 0.5) is 15.8 Å². The number of hydrogen-bond acceptors (Lipinski definition) is 3. The van der Waals surface area contributed by atoms with E-state index in [1.807, 2.05) is 0 Å². The fraction of sp³-hybridized carbons (Fsp3) is 0.0714. The van der Waals surface area contributed by atoms with Gasteiger partial charge >= 0.3 is 0 Å². The van der Waals surface area contributed by atoms with Crippen molar-refractivity contribution in [3.05, 3.63) is 52.3 Å². The number of hydrogen-bond donors (Lipinski definition) is 2. The molecule has 0 atom stereocenters. The number of nitrogen functional groups attached to an aromatic ring is 1. The van der Waals surface area contributed by atoms with E-state index in [2.05, 4.69) is 5.32 Å². The zero-order chi connectivity index (χ0) is 15.4. The fourth-order valence-corrected chi connectivity index (χ4v) is 1.90. The molecule has 21 heavy (non-hydrogen) atoms. The summed E-state index contributed by atoms with van der Waals surface area (Å²) in [6.45, 7) is -0.386. The molecule has 0 bridgehead atoms. The first-order chi connectivity index (χ1) is 9.97. The molecule has 2 aromatic rings. The van der Waals surface area contributed by atoms with Gasteiger partial charge in [-0.05, 0) is 30.3 Å². The summed E-state index contributed by atoms with van der Waals surface area (Å²) in [4.78, 5) is 11.8. The van der Waals surface area contributed by atoms with E-state index < -0.39 is 11.7 Å². The molecule has 0 aliphatic carbocycles. The molecule has 0 heterocycles. The summed E-state index contributed by atoms with van der Waals surface area (Å²) in [5.41, 5.74) is 6.42. The number of nitrogens with two attached hydrogens (primary N) is 1. The van der Waals surface area contributed by atoms with E-state index in [1.165, 1.54) is 24.3 Å². The van der Waals surface area contributed by atoms with Gasteiger partial charge < -0.3 is 15.8 Å². The van der Waals surface area contributed by atoms with Crippen molar-refractivity contribution in [3.63, 3.8) is 0 Å². The summed E-state index contributed by atoms with van der Waals surface area (Å²) in [7, 11) is 0. The quantitative estimate of drug-likeness (QED) is 0.840. The van der Waals surface area contributed by atoms with E-state index >= 15 is 0 Å². The van der Waals surface area contributed by atoms with Crippen LogP contribution in [0.5, 0.6) is 5.75 Å². The molecule has 4 nitrogen and oxygen atoms in total. The Bertz CT molecular complexity index is 680. The Hall–Kier alpha value is -1.98. The summed E-state index contributed by atoms with van der Waals surface area (Å²) >= 11 is 11.4. The van der Waals surface area contributed by atoms with E-state index in [9.17, 15) is 9.18 Å². The minimum atomic E-state index is -0.714. The Morgan fingerprint density at radius 3 is 2.81 bits per heavy atom. The second-order valence-corrected chi connectivity index (χ2v) is 4.96. The number of nitrogens with one attached hydrogen (secondary N) is 1. The molecule has 110 valence electrons. The van der Waals surface area contributed by atoms with Crippen molar-refractivity contribution >= 4 is 40.5 Å². The molecule has 0 saturated carbocycles. The summed E-state index contributed by atoms with van der Waals surface area (Å²) in [5.74, 6) is -1.31. The highest BCUT2D eigenvalue weighted by molar-refractivity contribution is 6.31. The molecular weight excluding hydrogens is 318 g/mol. The Labute approximate surface area is 130 Å². The monoisotopic (exact) mass is 328 g/mol. The predicted octanol–water partition coefficient (Wildman–Crippen LogP) is 3.73. The van der Waals surface area contributed by atoms with Crippen LogP contribution in [0.25, 0.3) is 0 Å². The first kappa shape index (κ1) is 15.4. The van der Waals surface area contributed by atoms with Crippen LogP contribution in [0.15, 0.2) is 36.4 Å². The average molecular weight is 329 g/mol. The highest BCUT2D eigenvalue weighted by atomic mass is 35.5. The molecule has 0 unspecified atom stereocenters. The number of ether oxygens (including phenoxy) is 1. The van der Waals surface area contributed by atoms with Gasteiger partial charge in [0.05, 0.1) is 16.4 Å². The number of carbonyl (C=O) groups is 1. The lowest BCUT2D eigenvalue weighted by Gasteiger charge is -2.10. The molecule has 0 aliphatic rings. The molecule has 0 spiro atoms. The maximum atomic E-state index is 13.6. The van der Waals surface area contributed by atoms with E-state index in [0.717, 1.165) is 0 Å². The topological polar surface area (TPSA) is 64.3 Å². The Morgan fingerprint density at radius 2 is 2.05 bits per heavy atom. The highest BCUT2D eigenvalue weighted by Gasteiger charge is 2.11. The van der Waals surface area contributed by atoms with Crippen LogP contribution in [0.1, 0.15) is 0 Å². The average Bonchev–Trinajstić information content (AvgIpc) is 2.44. The van der Waals surface area contributed by atoms with Gasteiger partial charge in [0.25, 0.3) is 5.91 Å². The van der Waals surface area contributed by atoms with E-state index in [0.29, 0.717) is 16.4 Å². The fourth-order valence-electron chi connectivity index (χ4n) is 1.56. The number of amides is 1. The van der Waals surface area contributed by atoms with Crippen molar-refractivity contribution in [3.8, 4) is 5.75 Å². The van der Waals surface area contributed by atoms with E-state index in [1.54, 1.807) is 12.1 Å². The molecule has 2 aromatic carbocycles. The van der Waals surface area contributed by atoms with Gasteiger partial charge in [0, 0.05) is 5.02 Å². The molecule has 0 aliphatic heterocycles. The highest BCUT2D eigenvalue weighted by Crippen LogP contribution is 2.25. The molecular formula is C14H11Cl2FN2O2. The number of anilines is 2. The summed E-state index contributed by atoms with van der Waals surface area (Å²) in [5, 5.41) is 2.88. The molecule has 0 radical (unpaired) electrons. The van der Waals surface area contributed by atoms with E-state index in [-0.39, 0.29) is 17.4 Å². The summed E-state index contributed by atoms with van der Waals surface area (Å²) in [6.07, 6.45) is 0. The third kappa shape index (κ3) is 4.00. The zero-order valence-corrected chi connectivity index (χ0v) is 12.2. The molecule has 0 saturated heterocycles. The van der Waals surface area contributed by atoms with Gasteiger partial charge in [0.1, 0.15) is 0 Å². The van der Waals surface area contributed by atoms with Crippen molar-refractivity contribution in [2.45, 2.75) is 0 Å². The van der Waals surface area contributed by atoms with Crippen molar-refractivity contribution < 1.29 is 13.9 Å². The SMILES string of the molecule is Nc1ccc(Cl)cc1NC(=O)COc1cccc(Cl)c1F. The Balaban J connectivity index is 1.99. The second kappa shape index (κ2) is 6.65. The number of rotatable bonds is 4. The van der Waals surface area contributed by atoms with Crippen molar-refractivity contribution in [2.24, 2.45) is 0 Å². The number of benzene rings is 2. The van der Waals surface area contributed by atoms with Gasteiger partial charge in [0.15, 0.2) is 18.2 Å². The second-order valence-electron chi connectivity index (χ2n) is 4.12. The summed E-state index contributed by atoms with van der Waals surface area (Å²) < 4.78 is 18.6. The number of carbonyl (C=O) groups excluding carboxylic acids is 1. The third-order valence-electron chi connectivity index (χ3n) is 2.56. The number of halogens is 3. The van der Waals surface area contributed by atoms with Crippen LogP contribution in [0, 0.1) is 5.82 Å². The molecule has 1 amide bonds. The maximum absolute atomic E-state index is 13.6. The van der Waals surface area contributed by atoms with Crippen LogP contribution in [0.2, 0.25) is 10.0 Å². The normalized spacial score (nSPS) is 10.2. The standard InChI is InChI=1S/C14H11Cl2FN2O2/c15-8-4-5-10(18)11(6-8)19-13(20)7-21-12-3-1-2-9(16)14(12)17/h1-6H,7,18H2,(H,19,20). The maximum Gasteiger partial charge on any atom is 0.262 e. The van der Waals surface area contributed by atoms with Crippen LogP contribution in [-0.4, -0.2) is 12.5 Å². The largest absolute Gasteiger partial charge is 0.481 e. The minimum absolute atomic E-state index is 0.0769. The van der Waals surface area contributed by atoms with Gasteiger partial charge in [-0.1, -0.05) is 29.3 Å². The van der Waals surface area contributed by atoms with Crippen LogP contribution in [0.3, 0.4) is 0 Å². The minimum Gasteiger partial charge on any atom is -0.481 e. The van der Waals surface area contributed by atoms with Crippen LogP contribution >= 0.6 is 23.2 Å². The summed E-state index contributed by atoms with van der Waals surface area (Å²) in [6, 6.07) is 8.96. The Morgan fingerprint density at radius 1 is 1.29 bits per heavy atom. The molecule has 2 rings (SSSR count). The first-order valence-electron chi connectivity index (χ1n) is 5.89. The van der Waals surface area contributed by atoms with Crippen molar-refractivity contribution in [1.82, 2.24) is 0 Å². The lowest BCUT2D eigenvalue weighted by Crippen LogP contribution is -2.21. The van der Waals surface area contributed by atoms with Gasteiger partial charge in [-0.3, -0.25) is 4.79 Å². The zero-order valence-electron chi connectivity index (χ0n) is 10.7. The lowest BCUT2D eigenvalue weighted by atomic mass is 10.2. The first-order valence-corrected chi connectivity index (χ1v) is 6.64. The smallest absolute Gasteiger partial charge is 0.262 e. The Kier molecular flexibility index (Phi) is 4.88. The predicted molar refractivity (Wildman–Crippen MR) is 81.4 cm³/mol. The van der Waals surface area contributed by atoms with Gasteiger partial charge in [-0.15, -0.1) is 0 Å². The third-order valence-corrected chi connectivity index (χ3v) is 3.09. The molecule has 0 aromatic heterocycles. The van der Waals surface area contributed by atoms with Gasteiger partial charge in [-0.25, -0.2) is 4.39 Å². The van der Waals surface area contributed by atoms with Crippen molar-refractivity contribution in [1.29, 1.82) is 0 Å². The van der Waals surface area contributed by atoms with Crippen LogP contribution < -0.4 is 15.8 Å². The van der Waals surface area contributed by atoms with E-state index in [4.69, 9.17) is 33.7 Å². The van der Waals surface area contributed by atoms with Gasteiger partial charge in [-0.2, -0.15) is 0 Å². The lowest BCUT2D eigenvalue weighted by molar-refractivity contribution is -0.118. The molecule has 0 fully saturated rings. The van der Waals surface area contributed by atoms with Gasteiger partial charge in [0.2, 0.25) is 0 Å². The molecule has 7 heteroatoms. The van der Waals surface area contributed by atoms with Crippen molar-refractivity contribution in [2.75, 3.05) is 17.7 Å². The molecule has 3 N–H and O–H groups in total. The van der Waals surface area contributed by atoms with Crippen LogP contribution in [-0.2, 0) is 4.79 Å².